The molecule has 0 saturated carbocycles. The second kappa shape index (κ2) is 3.90. The molecule has 5 nitrogen and oxygen atoms in total. The van der Waals surface area contributed by atoms with Crippen LogP contribution in [0.1, 0.15) is 10.6 Å². The number of aromatic nitrogens is 3. The average molecular weight is 268 g/mol. The third-order valence-electron chi connectivity index (χ3n) is 1.80. The van der Waals surface area contributed by atoms with Crippen molar-refractivity contribution in [3.63, 3.8) is 0 Å². The minimum atomic E-state index is -0.597. The Bertz CT molecular complexity index is 530. The highest BCUT2D eigenvalue weighted by Gasteiger charge is 2.11. The Morgan fingerprint density at radius 3 is 2.93 bits per heavy atom. The van der Waals surface area contributed by atoms with Crippen LogP contribution in [0.15, 0.2) is 22.7 Å². The van der Waals surface area contributed by atoms with E-state index in [1.54, 1.807) is 6.07 Å². The van der Waals surface area contributed by atoms with Crippen molar-refractivity contribution in [3.8, 4) is 0 Å². The fourth-order valence-electron chi connectivity index (χ4n) is 1.10. The number of halogens is 1. The highest BCUT2D eigenvalue weighted by atomic mass is 79.9. The topological polar surface area (TPSA) is 65.0 Å². The van der Waals surface area contributed by atoms with Crippen molar-refractivity contribution in [1.29, 1.82) is 0 Å². The first-order chi connectivity index (χ1) is 7.22. The number of ether oxygens (including phenoxy) is 1. The molecule has 0 unspecified atom stereocenters. The van der Waals surface area contributed by atoms with Crippen LogP contribution in [-0.2, 0) is 4.74 Å². The summed E-state index contributed by atoms with van der Waals surface area (Å²) in [7, 11) is 1.27. The molecule has 0 atom stereocenters. The summed E-state index contributed by atoms with van der Waals surface area (Å²) in [6, 6.07) is 5.40. The van der Waals surface area contributed by atoms with E-state index in [-0.39, 0.29) is 5.82 Å². The predicted molar refractivity (Wildman–Crippen MR) is 56.4 cm³/mol. The molecule has 76 valence electrons. The summed E-state index contributed by atoms with van der Waals surface area (Å²) in [4.78, 5) is 15.2. The molecule has 0 N–H and O–H groups in total. The van der Waals surface area contributed by atoms with Crippen molar-refractivity contribution in [3.05, 3.63) is 28.5 Å². The molecule has 1 heterocycles. The van der Waals surface area contributed by atoms with E-state index in [1.807, 2.05) is 12.1 Å². The molecular formula is C9H6BrN3O2. The number of carbonyl (C=O) groups is 1. The van der Waals surface area contributed by atoms with E-state index < -0.39 is 5.97 Å². The molecule has 0 fully saturated rings. The van der Waals surface area contributed by atoms with Crippen molar-refractivity contribution in [2.45, 2.75) is 0 Å². The predicted octanol–water partition coefficient (Wildman–Crippen LogP) is 1.57. The second-order valence-electron chi connectivity index (χ2n) is 2.73. The summed E-state index contributed by atoms with van der Waals surface area (Å²) in [6.45, 7) is 0. The van der Waals surface area contributed by atoms with E-state index in [9.17, 15) is 4.79 Å². The van der Waals surface area contributed by atoms with Gasteiger partial charge >= 0.3 is 5.97 Å². The Labute approximate surface area is 93.6 Å². The lowest BCUT2D eigenvalue weighted by atomic mass is 10.3. The number of para-hydroxylation sites is 1. The van der Waals surface area contributed by atoms with Gasteiger partial charge in [0, 0.05) is 4.47 Å². The van der Waals surface area contributed by atoms with Gasteiger partial charge in [-0.1, -0.05) is 6.07 Å². The number of hydrogen-bond donors (Lipinski definition) is 0. The Balaban J connectivity index is 2.64. The Hall–Kier alpha value is -1.56. The van der Waals surface area contributed by atoms with E-state index in [0.29, 0.717) is 11.0 Å². The first-order valence-electron chi connectivity index (χ1n) is 4.09. The lowest BCUT2D eigenvalue weighted by Gasteiger charge is -2.00. The highest BCUT2D eigenvalue weighted by molar-refractivity contribution is 9.10. The number of esters is 1. The van der Waals surface area contributed by atoms with E-state index >= 15 is 0 Å². The molecule has 6 heteroatoms. The Kier molecular flexibility index (Phi) is 2.59. The summed E-state index contributed by atoms with van der Waals surface area (Å²) < 4.78 is 5.27. The normalized spacial score (nSPS) is 10.3. The first kappa shape index (κ1) is 9.97. The van der Waals surface area contributed by atoms with Gasteiger partial charge in [-0.25, -0.2) is 9.78 Å². The van der Waals surface area contributed by atoms with E-state index in [1.165, 1.54) is 7.11 Å². The van der Waals surface area contributed by atoms with Crippen molar-refractivity contribution in [2.24, 2.45) is 0 Å². The van der Waals surface area contributed by atoms with E-state index in [4.69, 9.17) is 0 Å². The van der Waals surface area contributed by atoms with Crippen LogP contribution < -0.4 is 0 Å². The van der Waals surface area contributed by atoms with Crippen LogP contribution >= 0.6 is 15.9 Å². The van der Waals surface area contributed by atoms with Crippen LogP contribution in [0.2, 0.25) is 0 Å². The SMILES string of the molecule is COC(=O)c1nnc2cccc(Br)c2n1. The van der Waals surface area contributed by atoms with Crippen LogP contribution in [0.25, 0.3) is 11.0 Å². The van der Waals surface area contributed by atoms with Gasteiger partial charge in [0.1, 0.15) is 11.0 Å². The second-order valence-corrected chi connectivity index (χ2v) is 3.59. The van der Waals surface area contributed by atoms with Gasteiger partial charge in [0.05, 0.1) is 7.11 Å². The zero-order valence-corrected chi connectivity index (χ0v) is 9.35. The van der Waals surface area contributed by atoms with Crippen molar-refractivity contribution < 1.29 is 9.53 Å². The molecule has 1 aromatic heterocycles. The maximum absolute atomic E-state index is 11.2. The van der Waals surface area contributed by atoms with E-state index in [0.717, 1.165) is 4.47 Å². The number of nitrogens with zero attached hydrogens (tertiary/aromatic N) is 3. The van der Waals surface area contributed by atoms with Crippen LogP contribution in [0.4, 0.5) is 0 Å². The largest absolute Gasteiger partial charge is 0.463 e. The molecule has 1 aromatic carbocycles. The fourth-order valence-corrected chi connectivity index (χ4v) is 1.55. The summed E-state index contributed by atoms with van der Waals surface area (Å²) in [5.74, 6) is -0.642. The lowest BCUT2D eigenvalue weighted by molar-refractivity contribution is 0.0586. The number of benzene rings is 1. The maximum Gasteiger partial charge on any atom is 0.378 e. The van der Waals surface area contributed by atoms with Gasteiger partial charge in [-0.15, -0.1) is 10.2 Å². The molecule has 2 aromatic rings. The molecule has 0 aliphatic rings. The molecule has 0 bridgehead atoms. The van der Waals surface area contributed by atoms with Crippen molar-refractivity contribution in [1.82, 2.24) is 15.2 Å². The molecule has 0 saturated heterocycles. The quantitative estimate of drug-likeness (QED) is 0.734. The third kappa shape index (κ3) is 1.80. The lowest BCUT2D eigenvalue weighted by Crippen LogP contribution is -2.08. The van der Waals surface area contributed by atoms with Gasteiger partial charge < -0.3 is 4.74 Å². The maximum atomic E-state index is 11.2. The smallest absolute Gasteiger partial charge is 0.378 e. The monoisotopic (exact) mass is 267 g/mol. The minimum Gasteiger partial charge on any atom is -0.463 e. The molecule has 0 amide bonds. The molecule has 0 radical (unpaired) electrons. The van der Waals surface area contributed by atoms with Gasteiger partial charge in [-0.2, -0.15) is 0 Å². The van der Waals surface area contributed by atoms with Crippen LogP contribution in [-0.4, -0.2) is 28.3 Å². The molecule has 0 aliphatic heterocycles. The number of methoxy groups -OCH3 is 1. The van der Waals surface area contributed by atoms with Gasteiger partial charge in [0.15, 0.2) is 0 Å². The highest BCUT2D eigenvalue weighted by Crippen LogP contribution is 2.19. The molecule has 0 aliphatic carbocycles. The summed E-state index contributed by atoms with van der Waals surface area (Å²) in [5.41, 5.74) is 1.21. The zero-order valence-electron chi connectivity index (χ0n) is 7.77. The summed E-state index contributed by atoms with van der Waals surface area (Å²) in [6.07, 6.45) is 0. The zero-order chi connectivity index (χ0) is 10.8. The number of rotatable bonds is 1. The number of fused-ring (bicyclic) bond motifs is 1. The van der Waals surface area contributed by atoms with Gasteiger partial charge in [-0.3, -0.25) is 0 Å². The fraction of sp³-hybridized carbons (Fsp3) is 0.111. The van der Waals surface area contributed by atoms with Crippen molar-refractivity contribution >= 4 is 32.9 Å². The average Bonchev–Trinajstić information content (AvgIpc) is 2.28. The van der Waals surface area contributed by atoms with Gasteiger partial charge in [0.2, 0.25) is 0 Å². The van der Waals surface area contributed by atoms with Gasteiger partial charge in [-0.05, 0) is 28.1 Å². The Morgan fingerprint density at radius 2 is 2.20 bits per heavy atom. The molecule has 15 heavy (non-hydrogen) atoms. The summed E-state index contributed by atoms with van der Waals surface area (Å²) in [5, 5.41) is 7.53. The van der Waals surface area contributed by atoms with Crippen molar-refractivity contribution in [2.75, 3.05) is 7.11 Å². The first-order valence-corrected chi connectivity index (χ1v) is 4.89. The Morgan fingerprint density at radius 1 is 1.40 bits per heavy atom. The van der Waals surface area contributed by atoms with E-state index in [2.05, 4.69) is 35.8 Å². The number of hydrogen-bond acceptors (Lipinski definition) is 5. The van der Waals surface area contributed by atoms with Crippen LogP contribution in [0, 0.1) is 0 Å². The minimum absolute atomic E-state index is 0.0445. The van der Waals surface area contributed by atoms with Crippen LogP contribution in [0.3, 0.4) is 0 Å². The molecule has 0 spiro atoms. The summed E-state index contributed by atoms with van der Waals surface area (Å²) >= 11 is 3.32. The molecule has 2 rings (SSSR count). The third-order valence-corrected chi connectivity index (χ3v) is 2.44. The van der Waals surface area contributed by atoms with Gasteiger partial charge in [0.25, 0.3) is 5.82 Å². The number of carbonyl (C=O) groups excluding carboxylic acids is 1. The van der Waals surface area contributed by atoms with Crippen LogP contribution in [0.5, 0.6) is 0 Å². The molecular weight excluding hydrogens is 262 g/mol. The standard InChI is InChI=1S/C9H6BrN3O2/c1-15-9(14)8-11-7-5(10)3-2-4-6(7)12-13-8/h2-4H,1H3.